The number of hydrogen-bond donors (Lipinski definition) is 10. The molecular weight excluding hydrogens is 449 g/mol. The van der Waals surface area contributed by atoms with Gasteiger partial charge < -0.3 is 60.6 Å². The van der Waals surface area contributed by atoms with E-state index < -0.39 is 63.5 Å². The summed E-state index contributed by atoms with van der Waals surface area (Å²) in [7, 11) is -4.64. The Balaban J connectivity index is 0.000000541. The number of anilines is 1. The zero-order valence-electron chi connectivity index (χ0n) is 15.9. The molecule has 31 heavy (non-hydrogen) atoms. The van der Waals surface area contributed by atoms with Crippen molar-refractivity contribution in [2.24, 2.45) is 0 Å². The number of aldehydes is 1. The molecule has 1 aromatic rings. The number of ether oxygens (including phenoxy) is 1. The zero-order chi connectivity index (χ0) is 24.4. The van der Waals surface area contributed by atoms with E-state index in [1.165, 1.54) is 12.3 Å². The number of aliphatic hydroxyl groups is 6. The van der Waals surface area contributed by atoms with Gasteiger partial charge in [-0.1, -0.05) is 0 Å². The summed E-state index contributed by atoms with van der Waals surface area (Å²) in [5.74, 6) is 0.0537. The number of carbonyl (C=O) groups is 1. The van der Waals surface area contributed by atoms with Crippen LogP contribution in [0.15, 0.2) is 17.1 Å². The van der Waals surface area contributed by atoms with E-state index in [0.29, 0.717) is 6.29 Å². The minimum absolute atomic E-state index is 0.0537. The number of nitrogens with zero attached hydrogens (tertiary/aromatic N) is 2. The fourth-order valence-corrected chi connectivity index (χ4v) is 2.11. The molecular formula is C14H26N3O13P. The lowest BCUT2D eigenvalue weighted by molar-refractivity contribution is -0.111. The molecule has 180 valence electrons. The molecule has 2 unspecified atom stereocenters. The molecule has 2 heterocycles. The van der Waals surface area contributed by atoms with E-state index in [9.17, 15) is 19.8 Å². The molecule has 11 N–H and O–H groups in total. The lowest BCUT2D eigenvalue weighted by atomic mass is 10.1. The maximum Gasteiger partial charge on any atom is 0.466 e. The molecule has 1 aliphatic rings. The topological polar surface area (TPSA) is 286 Å². The summed E-state index contributed by atoms with van der Waals surface area (Å²) in [4.78, 5) is 46.2. The van der Waals surface area contributed by atoms with E-state index in [2.05, 4.69) is 4.98 Å². The maximum absolute atomic E-state index is 11.5. The summed E-state index contributed by atoms with van der Waals surface area (Å²) >= 11 is 0. The van der Waals surface area contributed by atoms with Crippen LogP contribution in [-0.2, 0) is 14.1 Å². The lowest BCUT2D eigenvalue weighted by Crippen LogP contribution is -2.36. The lowest BCUT2D eigenvalue weighted by Gasteiger charge is -2.16. The van der Waals surface area contributed by atoms with E-state index in [0.717, 1.165) is 4.57 Å². The Labute approximate surface area is 174 Å². The predicted molar refractivity (Wildman–Crippen MR) is 100.0 cm³/mol. The number of rotatable bonds is 6. The third kappa shape index (κ3) is 10.9. The van der Waals surface area contributed by atoms with Gasteiger partial charge in [0, 0.05) is 12.6 Å². The summed E-state index contributed by atoms with van der Waals surface area (Å²) in [5.41, 5.74) is 4.63. The van der Waals surface area contributed by atoms with Crippen LogP contribution in [0.25, 0.3) is 0 Å². The molecule has 0 spiro atoms. The highest BCUT2D eigenvalue weighted by Crippen LogP contribution is 2.28. The second-order valence-corrected chi connectivity index (χ2v) is 7.03. The van der Waals surface area contributed by atoms with Gasteiger partial charge in [0.1, 0.15) is 36.5 Å². The average Bonchev–Trinajstić information content (AvgIpc) is 2.95. The minimum atomic E-state index is -4.64. The van der Waals surface area contributed by atoms with Gasteiger partial charge >= 0.3 is 13.5 Å². The standard InChI is InChI=1S/C9H13N3O5.C5H10O4.H3O4P/c10-5-1-2-12(9(16)11-5)8-7(15)6(14)4(3-13)17-8;6-2-1-4(8)5(9)3-7;1-5(2,3)4/h1-2,4,6-8,13-15H,3H2,(H2,10,11,16);2,4-5,7-9H,1,3H2;(H3,1,2,3,4)/t4-,6-,7-,8-;;/m1../s1. The second-order valence-electron chi connectivity index (χ2n) is 6.00. The smallest absolute Gasteiger partial charge is 0.394 e. The van der Waals surface area contributed by atoms with Crippen LogP contribution in [-0.4, -0.2) is 105 Å². The fourth-order valence-electron chi connectivity index (χ4n) is 2.11. The molecule has 1 saturated heterocycles. The number of nitrogen functional groups attached to an aromatic ring is 1. The van der Waals surface area contributed by atoms with Crippen LogP contribution in [0.2, 0.25) is 0 Å². The van der Waals surface area contributed by atoms with Gasteiger partial charge in [0.15, 0.2) is 6.23 Å². The van der Waals surface area contributed by atoms with Crippen molar-refractivity contribution in [3.63, 3.8) is 0 Å². The first-order valence-electron chi connectivity index (χ1n) is 8.42. The third-order valence-corrected chi connectivity index (χ3v) is 3.61. The molecule has 1 aliphatic heterocycles. The molecule has 0 radical (unpaired) electrons. The van der Waals surface area contributed by atoms with Gasteiger partial charge in [0.2, 0.25) is 0 Å². The number of aromatic nitrogens is 2. The fraction of sp³-hybridized carbons (Fsp3) is 0.643. The van der Waals surface area contributed by atoms with Gasteiger partial charge in [-0.3, -0.25) is 4.57 Å². The van der Waals surface area contributed by atoms with Crippen LogP contribution in [0.3, 0.4) is 0 Å². The minimum Gasteiger partial charge on any atom is -0.394 e. The Hall–Kier alpha value is -1.82. The third-order valence-electron chi connectivity index (χ3n) is 3.61. The zero-order valence-corrected chi connectivity index (χ0v) is 16.8. The van der Waals surface area contributed by atoms with Crippen LogP contribution < -0.4 is 11.4 Å². The molecule has 1 fully saturated rings. The monoisotopic (exact) mass is 475 g/mol. The summed E-state index contributed by atoms with van der Waals surface area (Å²) in [6.07, 6.45) is -5.24. The molecule has 0 amide bonds. The highest BCUT2D eigenvalue weighted by Gasteiger charge is 2.43. The Kier molecular flexibility index (Phi) is 12.8. The summed E-state index contributed by atoms with van der Waals surface area (Å²) in [6, 6.07) is 1.37. The van der Waals surface area contributed by atoms with Crippen LogP contribution in [0.4, 0.5) is 5.82 Å². The van der Waals surface area contributed by atoms with Crippen LogP contribution in [0.5, 0.6) is 0 Å². The number of phosphoric acid groups is 1. The van der Waals surface area contributed by atoms with Crippen molar-refractivity contribution in [3.05, 3.63) is 22.7 Å². The van der Waals surface area contributed by atoms with E-state index in [-0.39, 0.29) is 12.2 Å². The summed E-state index contributed by atoms with van der Waals surface area (Å²) < 4.78 is 15.1. The predicted octanol–water partition coefficient (Wildman–Crippen LogP) is -5.20. The van der Waals surface area contributed by atoms with Crippen molar-refractivity contribution in [2.75, 3.05) is 18.9 Å². The second kappa shape index (κ2) is 13.6. The Bertz CT molecular complexity index is 764. The molecule has 0 bridgehead atoms. The van der Waals surface area contributed by atoms with Crippen molar-refractivity contribution in [1.82, 2.24) is 9.55 Å². The normalized spacial score (nSPS) is 24.8. The summed E-state index contributed by atoms with van der Waals surface area (Å²) in [6.45, 7) is -0.971. The van der Waals surface area contributed by atoms with Crippen LogP contribution >= 0.6 is 7.82 Å². The van der Waals surface area contributed by atoms with Crippen molar-refractivity contribution in [2.45, 2.75) is 43.2 Å². The van der Waals surface area contributed by atoms with Crippen molar-refractivity contribution in [3.8, 4) is 0 Å². The molecule has 0 saturated carbocycles. The SMILES string of the molecule is Nc1ccn([C@@H]2O[C@H](CO)[C@@H](O)[C@H]2O)c(=O)n1.O=CCC(O)C(O)CO.O=P(O)(O)O. The Morgan fingerprint density at radius 1 is 1.19 bits per heavy atom. The van der Waals surface area contributed by atoms with E-state index in [1.54, 1.807) is 0 Å². The van der Waals surface area contributed by atoms with E-state index >= 15 is 0 Å². The Morgan fingerprint density at radius 3 is 2.13 bits per heavy atom. The maximum atomic E-state index is 11.5. The molecule has 2 rings (SSSR count). The van der Waals surface area contributed by atoms with Crippen LogP contribution in [0, 0.1) is 0 Å². The number of aliphatic hydroxyl groups excluding tert-OH is 6. The highest BCUT2D eigenvalue weighted by molar-refractivity contribution is 7.45. The average molecular weight is 475 g/mol. The van der Waals surface area contributed by atoms with Crippen molar-refractivity contribution < 1.29 is 59.4 Å². The van der Waals surface area contributed by atoms with Gasteiger partial charge in [0.25, 0.3) is 0 Å². The first-order chi connectivity index (χ1) is 14.3. The molecule has 1 aromatic heterocycles. The van der Waals surface area contributed by atoms with E-state index in [4.69, 9.17) is 50.1 Å². The molecule has 0 aliphatic carbocycles. The molecule has 0 aromatic carbocycles. The summed E-state index contributed by atoms with van der Waals surface area (Å²) in [5, 5.41) is 53.6. The largest absolute Gasteiger partial charge is 0.466 e. The molecule has 16 nitrogen and oxygen atoms in total. The molecule has 17 heteroatoms. The van der Waals surface area contributed by atoms with Gasteiger partial charge in [0.05, 0.1) is 19.3 Å². The molecule has 6 atom stereocenters. The van der Waals surface area contributed by atoms with Gasteiger partial charge in [-0.15, -0.1) is 0 Å². The van der Waals surface area contributed by atoms with Crippen molar-refractivity contribution in [1.29, 1.82) is 0 Å². The van der Waals surface area contributed by atoms with Crippen molar-refractivity contribution >= 4 is 19.9 Å². The first-order valence-corrected chi connectivity index (χ1v) is 9.99. The van der Waals surface area contributed by atoms with Gasteiger partial charge in [-0.2, -0.15) is 4.98 Å². The Morgan fingerprint density at radius 2 is 1.74 bits per heavy atom. The first kappa shape index (κ1) is 29.2. The number of nitrogens with two attached hydrogens (primary N) is 1. The quantitative estimate of drug-likeness (QED) is 0.136. The number of hydrogen-bond acceptors (Lipinski definition) is 12. The number of carbonyl (C=O) groups excluding carboxylic acids is 1. The van der Waals surface area contributed by atoms with E-state index in [1.807, 2.05) is 0 Å². The van der Waals surface area contributed by atoms with Crippen LogP contribution in [0.1, 0.15) is 12.6 Å². The van der Waals surface area contributed by atoms with Gasteiger partial charge in [-0.05, 0) is 6.07 Å². The van der Waals surface area contributed by atoms with Gasteiger partial charge in [-0.25, -0.2) is 9.36 Å². The highest BCUT2D eigenvalue weighted by atomic mass is 31.2.